The molecule has 0 fully saturated rings. The van der Waals surface area contributed by atoms with Gasteiger partial charge in [-0.05, 0) is 30.4 Å². The standard InChI is InChI=1S/C24H25N5O4/c1-2-10-26-18(30)9-6-11-27-24(33)21-22(31)19-16(12-15-7-4-3-5-8-15)14-28-23(32)20(19)17(13-25)29-21/h3-5,7-8,14,31H,2,6,9-12H2,1H3,(H,26,30)(H,27,33)(H,28,32). The second-order valence-electron chi connectivity index (χ2n) is 7.53. The highest BCUT2D eigenvalue weighted by Crippen LogP contribution is 2.31. The number of nitrogens with zero attached hydrogens (tertiary/aromatic N) is 2. The number of hydrogen-bond donors (Lipinski definition) is 4. The number of hydrogen-bond acceptors (Lipinski definition) is 6. The minimum atomic E-state index is -0.689. The van der Waals surface area contributed by atoms with E-state index < -0.39 is 17.2 Å². The van der Waals surface area contributed by atoms with Gasteiger partial charge < -0.3 is 20.7 Å². The van der Waals surface area contributed by atoms with Crippen molar-refractivity contribution in [3.05, 3.63) is 69.4 Å². The molecule has 0 radical (unpaired) electrons. The fourth-order valence-corrected chi connectivity index (χ4v) is 3.49. The molecule has 0 saturated heterocycles. The maximum absolute atomic E-state index is 12.7. The second kappa shape index (κ2) is 10.9. The van der Waals surface area contributed by atoms with Crippen molar-refractivity contribution in [3.8, 4) is 11.8 Å². The minimum Gasteiger partial charge on any atom is -0.505 e. The highest BCUT2D eigenvalue weighted by molar-refractivity contribution is 6.03. The van der Waals surface area contributed by atoms with Gasteiger partial charge in [-0.3, -0.25) is 14.4 Å². The Bertz CT molecular complexity index is 1260. The molecule has 1 aromatic carbocycles. The summed E-state index contributed by atoms with van der Waals surface area (Å²) in [5, 5.41) is 25.9. The Hall–Kier alpha value is -4.19. The van der Waals surface area contributed by atoms with Crippen molar-refractivity contribution >= 4 is 22.6 Å². The highest BCUT2D eigenvalue weighted by atomic mass is 16.3. The molecule has 2 heterocycles. The third-order valence-electron chi connectivity index (χ3n) is 5.09. The average Bonchev–Trinajstić information content (AvgIpc) is 2.82. The lowest BCUT2D eigenvalue weighted by molar-refractivity contribution is -0.121. The summed E-state index contributed by atoms with van der Waals surface area (Å²) < 4.78 is 0. The van der Waals surface area contributed by atoms with Gasteiger partial charge in [-0.15, -0.1) is 0 Å². The third kappa shape index (κ3) is 5.54. The zero-order chi connectivity index (χ0) is 23.8. The van der Waals surface area contributed by atoms with E-state index >= 15 is 0 Å². The summed E-state index contributed by atoms with van der Waals surface area (Å²) in [6.07, 6.45) is 3.32. The van der Waals surface area contributed by atoms with Crippen molar-refractivity contribution in [3.63, 3.8) is 0 Å². The van der Waals surface area contributed by atoms with Crippen molar-refractivity contribution < 1.29 is 14.7 Å². The van der Waals surface area contributed by atoms with Crippen LogP contribution in [0.25, 0.3) is 10.8 Å². The monoisotopic (exact) mass is 447 g/mol. The Kier molecular flexibility index (Phi) is 7.76. The number of nitrogens with one attached hydrogen (secondary N) is 3. The smallest absolute Gasteiger partial charge is 0.273 e. The largest absolute Gasteiger partial charge is 0.505 e. The minimum absolute atomic E-state index is 0.0624. The van der Waals surface area contributed by atoms with Gasteiger partial charge in [0.2, 0.25) is 5.91 Å². The van der Waals surface area contributed by atoms with E-state index in [1.807, 2.05) is 43.3 Å². The predicted octanol–water partition coefficient (Wildman–Crippen LogP) is 2.13. The molecule has 0 aliphatic rings. The van der Waals surface area contributed by atoms with Gasteiger partial charge in [0.25, 0.3) is 11.5 Å². The maximum Gasteiger partial charge on any atom is 0.273 e. The van der Waals surface area contributed by atoms with Crippen LogP contribution in [0.1, 0.15) is 53.5 Å². The van der Waals surface area contributed by atoms with Gasteiger partial charge in [0.1, 0.15) is 6.07 Å². The Morgan fingerprint density at radius 2 is 1.91 bits per heavy atom. The molecule has 0 unspecified atom stereocenters. The molecule has 3 aromatic rings. The fraction of sp³-hybridized carbons (Fsp3) is 0.292. The molecule has 2 aromatic heterocycles. The van der Waals surface area contributed by atoms with Crippen LogP contribution in [0.2, 0.25) is 0 Å². The number of fused-ring (bicyclic) bond motifs is 1. The number of aromatic amines is 1. The van der Waals surface area contributed by atoms with Gasteiger partial charge in [-0.25, -0.2) is 4.98 Å². The first-order valence-electron chi connectivity index (χ1n) is 10.7. The first-order valence-corrected chi connectivity index (χ1v) is 10.7. The Balaban J connectivity index is 1.90. The van der Waals surface area contributed by atoms with E-state index in [0.717, 1.165) is 12.0 Å². The van der Waals surface area contributed by atoms with Crippen LogP contribution in [0.5, 0.6) is 5.75 Å². The molecule has 0 spiro atoms. The van der Waals surface area contributed by atoms with E-state index in [2.05, 4.69) is 20.6 Å². The summed E-state index contributed by atoms with van der Waals surface area (Å²) in [4.78, 5) is 43.4. The van der Waals surface area contributed by atoms with Crippen LogP contribution in [0, 0.1) is 11.3 Å². The number of aromatic nitrogens is 2. The summed E-state index contributed by atoms with van der Waals surface area (Å²) in [5.74, 6) is -1.25. The molecule has 4 N–H and O–H groups in total. The molecule has 9 heteroatoms. The van der Waals surface area contributed by atoms with Crippen LogP contribution in [0.4, 0.5) is 0 Å². The van der Waals surface area contributed by atoms with E-state index in [1.165, 1.54) is 6.20 Å². The molecule has 9 nitrogen and oxygen atoms in total. The summed E-state index contributed by atoms with van der Waals surface area (Å²) in [6, 6.07) is 11.2. The molecule has 2 amide bonds. The summed E-state index contributed by atoms with van der Waals surface area (Å²) in [5.41, 5.74) is 0.311. The number of nitriles is 1. The predicted molar refractivity (Wildman–Crippen MR) is 123 cm³/mol. The first kappa shape index (κ1) is 23.5. The number of carbonyl (C=O) groups is 2. The van der Waals surface area contributed by atoms with Crippen LogP contribution < -0.4 is 16.2 Å². The van der Waals surface area contributed by atoms with Crippen molar-refractivity contribution in [2.24, 2.45) is 0 Å². The maximum atomic E-state index is 12.7. The summed E-state index contributed by atoms with van der Waals surface area (Å²) in [7, 11) is 0. The SMILES string of the molecule is CCCNC(=O)CCCNC(=O)c1nc(C#N)c2c(=O)[nH]cc(Cc3ccccc3)c2c1O. The van der Waals surface area contributed by atoms with Gasteiger partial charge in [0.15, 0.2) is 17.1 Å². The molecular formula is C24H25N5O4. The number of carbonyl (C=O) groups excluding carboxylic acids is 2. The van der Waals surface area contributed by atoms with E-state index in [0.29, 0.717) is 24.9 Å². The molecular weight excluding hydrogens is 422 g/mol. The van der Waals surface area contributed by atoms with E-state index in [9.17, 15) is 24.8 Å². The van der Waals surface area contributed by atoms with E-state index in [1.54, 1.807) is 0 Å². The molecule has 170 valence electrons. The Labute approximate surface area is 190 Å². The van der Waals surface area contributed by atoms with Crippen LogP contribution in [0.3, 0.4) is 0 Å². The zero-order valence-electron chi connectivity index (χ0n) is 18.3. The lowest BCUT2D eigenvalue weighted by Crippen LogP contribution is -2.28. The molecule has 0 atom stereocenters. The number of rotatable bonds is 9. The number of benzene rings is 1. The van der Waals surface area contributed by atoms with Gasteiger partial charge in [-0.2, -0.15) is 5.26 Å². The number of H-pyrrole nitrogens is 1. The zero-order valence-corrected chi connectivity index (χ0v) is 18.3. The van der Waals surface area contributed by atoms with Gasteiger partial charge >= 0.3 is 0 Å². The quantitative estimate of drug-likeness (QED) is 0.369. The highest BCUT2D eigenvalue weighted by Gasteiger charge is 2.23. The van der Waals surface area contributed by atoms with Crippen molar-refractivity contribution in [1.29, 1.82) is 5.26 Å². The van der Waals surface area contributed by atoms with Crippen molar-refractivity contribution in [1.82, 2.24) is 20.6 Å². The van der Waals surface area contributed by atoms with E-state index in [4.69, 9.17) is 0 Å². The third-order valence-corrected chi connectivity index (χ3v) is 5.09. The fourth-order valence-electron chi connectivity index (χ4n) is 3.49. The number of aromatic hydroxyl groups is 1. The lowest BCUT2D eigenvalue weighted by Gasteiger charge is -2.12. The molecule has 0 saturated carbocycles. The van der Waals surface area contributed by atoms with Crippen LogP contribution >= 0.6 is 0 Å². The average molecular weight is 447 g/mol. The normalized spacial score (nSPS) is 10.5. The van der Waals surface area contributed by atoms with Gasteiger partial charge in [0.05, 0.1) is 5.39 Å². The van der Waals surface area contributed by atoms with Gasteiger partial charge in [-0.1, -0.05) is 37.3 Å². The Morgan fingerprint density at radius 3 is 2.61 bits per heavy atom. The van der Waals surface area contributed by atoms with Crippen molar-refractivity contribution in [2.75, 3.05) is 13.1 Å². The van der Waals surface area contributed by atoms with Crippen molar-refractivity contribution in [2.45, 2.75) is 32.6 Å². The van der Waals surface area contributed by atoms with E-state index in [-0.39, 0.29) is 41.0 Å². The van der Waals surface area contributed by atoms with Gasteiger partial charge in [0, 0.05) is 31.1 Å². The topological polar surface area (TPSA) is 148 Å². The molecule has 0 bridgehead atoms. The second-order valence-corrected chi connectivity index (χ2v) is 7.53. The number of amides is 2. The lowest BCUT2D eigenvalue weighted by atomic mass is 9.99. The molecule has 33 heavy (non-hydrogen) atoms. The Morgan fingerprint density at radius 1 is 1.15 bits per heavy atom. The first-order chi connectivity index (χ1) is 16.0. The summed E-state index contributed by atoms with van der Waals surface area (Å²) >= 11 is 0. The number of pyridine rings is 2. The molecule has 0 aliphatic carbocycles. The molecule has 0 aliphatic heterocycles. The van der Waals surface area contributed by atoms with Crippen LogP contribution in [-0.2, 0) is 11.2 Å². The van der Waals surface area contributed by atoms with Crippen LogP contribution in [-0.4, -0.2) is 40.0 Å². The van der Waals surface area contributed by atoms with Crippen LogP contribution in [0.15, 0.2) is 41.3 Å². The molecule has 3 rings (SSSR count). The summed E-state index contributed by atoms with van der Waals surface area (Å²) in [6.45, 7) is 2.74.